The molecule has 0 rings (SSSR count). The molecule has 0 saturated carbocycles. The largest absolute Gasteiger partial charge is 0.515 e. The van der Waals surface area contributed by atoms with Crippen molar-refractivity contribution in [2.45, 2.75) is 27.2 Å². The Morgan fingerprint density at radius 1 is 1.11 bits per heavy atom. The Morgan fingerprint density at radius 3 is 2.17 bits per heavy atom. The zero-order valence-electron chi connectivity index (χ0n) is 10.9. The quantitative estimate of drug-likeness (QED) is 0.323. The van der Waals surface area contributed by atoms with E-state index < -0.39 is 17.0 Å². The first kappa shape index (κ1) is 16.1. The van der Waals surface area contributed by atoms with Gasteiger partial charge in [0, 0.05) is 18.0 Å². The molecule has 0 radical (unpaired) electrons. The average Bonchev–Trinajstić information content (AvgIpc) is 2.27. The third-order valence-electron chi connectivity index (χ3n) is 2.02. The van der Waals surface area contributed by atoms with Gasteiger partial charge >= 0.3 is 0 Å². The summed E-state index contributed by atoms with van der Waals surface area (Å²) in [5.41, 5.74) is -0.443. The Balaban J connectivity index is 3.96. The summed E-state index contributed by atoms with van der Waals surface area (Å²) in [7, 11) is 0. The summed E-state index contributed by atoms with van der Waals surface area (Å²) < 4.78 is 0. The van der Waals surface area contributed by atoms with E-state index in [1.54, 1.807) is 0 Å². The molecular weight excluding hydrogens is 234 g/mol. The summed E-state index contributed by atoms with van der Waals surface area (Å²) in [5.74, 6) is -1.56. The number of nitrogens with one attached hydrogen (secondary N) is 1. The maximum absolute atomic E-state index is 11.5. The molecule has 0 atom stereocenters. The summed E-state index contributed by atoms with van der Waals surface area (Å²) in [6.45, 7) is 5.83. The van der Waals surface area contributed by atoms with Crippen molar-refractivity contribution in [1.82, 2.24) is 5.32 Å². The molecule has 0 saturated heterocycles. The van der Waals surface area contributed by atoms with Gasteiger partial charge in [0.15, 0.2) is 0 Å². The number of amides is 1. The van der Waals surface area contributed by atoms with Crippen LogP contribution in [0.1, 0.15) is 27.2 Å². The number of aliphatic hydroxyl groups excluding tert-OH is 1. The van der Waals surface area contributed by atoms with Crippen molar-refractivity contribution in [2.24, 2.45) is 5.41 Å². The first-order valence-electron chi connectivity index (χ1n) is 5.63. The van der Waals surface area contributed by atoms with E-state index in [2.05, 4.69) is 5.32 Å². The second-order valence-corrected chi connectivity index (χ2v) is 4.74. The number of aliphatic hydroxyl groups is 1. The lowest BCUT2D eigenvalue weighted by Crippen LogP contribution is -2.35. The Labute approximate surface area is 107 Å². The second kappa shape index (κ2) is 7.42. The highest BCUT2D eigenvalue weighted by molar-refractivity contribution is 6.45. The van der Waals surface area contributed by atoms with E-state index in [1.807, 2.05) is 20.8 Å². The third kappa shape index (κ3) is 6.62. The van der Waals surface area contributed by atoms with Crippen LogP contribution < -0.4 is 5.32 Å². The van der Waals surface area contributed by atoms with E-state index in [0.29, 0.717) is 19.2 Å². The lowest BCUT2D eigenvalue weighted by molar-refractivity contribution is -0.131. The number of hydrogen-bond donors (Lipinski definition) is 2. The van der Waals surface area contributed by atoms with E-state index in [4.69, 9.17) is 5.11 Å². The van der Waals surface area contributed by atoms with Crippen LogP contribution in [-0.2, 0) is 14.4 Å². The molecule has 2 N–H and O–H groups in total. The van der Waals surface area contributed by atoms with Crippen molar-refractivity contribution in [3.05, 3.63) is 24.5 Å². The van der Waals surface area contributed by atoms with Crippen LogP contribution in [-0.4, -0.2) is 29.1 Å². The Hall–Kier alpha value is -1.91. The summed E-state index contributed by atoms with van der Waals surface area (Å²) in [6.07, 6.45) is 4.41. The van der Waals surface area contributed by atoms with Crippen molar-refractivity contribution in [1.29, 1.82) is 0 Å². The fourth-order valence-corrected chi connectivity index (χ4v) is 0.957. The molecule has 0 aromatic carbocycles. The fourth-order valence-electron chi connectivity index (χ4n) is 0.957. The van der Waals surface area contributed by atoms with Gasteiger partial charge in [0.1, 0.15) is 0 Å². The number of carbonyl (C=O) groups excluding carboxylic acids is 3. The van der Waals surface area contributed by atoms with Crippen LogP contribution in [0.3, 0.4) is 0 Å². The molecule has 0 aromatic heterocycles. The van der Waals surface area contributed by atoms with Crippen LogP contribution in [0.4, 0.5) is 0 Å². The molecule has 0 fully saturated rings. The van der Waals surface area contributed by atoms with Gasteiger partial charge in [-0.1, -0.05) is 26.8 Å². The maximum Gasteiger partial charge on any atom is 0.228 e. The molecule has 0 aliphatic carbocycles. The topological polar surface area (TPSA) is 83.5 Å². The number of rotatable bonds is 6. The Morgan fingerprint density at radius 2 is 1.67 bits per heavy atom. The van der Waals surface area contributed by atoms with Gasteiger partial charge in [0.2, 0.25) is 17.5 Å². The standard InChI is InChI=1S/C13H19NO4/c1-13(2,3)12(18)14-8-5-4-6-10(16)11(17)7-9-15/h4,6-7,9,15H,5,8H2,1-3H3,(H,14,18)/b6-4+,9-7+. The molecule has 0 spiro atoms. The van der Waals surface area contributed by atoms with Crippen molar-refractivity contribution in [3.8, 4) is 0 Å². The molecule has 1 amide bonds. The predicted molar refractivity (Wildman–Crippen MR) is 68.0 cm³/mol. The van der Waals surface area contributed by atoms with E-state index in [0.717, 1.165) is 12.2 Å². The van der Waals surface area contributed by atoms with E-state index >= 15 is 0 Å². The highest BCUT2D eigenvalue weighted by Crippen LogP contribution is 2.11. The minimum atomic E-state index is -0.785. The highest BCUT2D eigenvalue weighted by Gasteiger charge is 2.19. The summed E-state index contributed by atoms with van der Waals surface area (Å²) in [6, 6.07) is 0. The van der Waals surface area contributed by atoms with Crippen LogP contribution >= 0.6 is 0 Å². The number of allylic oxidation sites excluding steroid dienone is 2. The molecule has 0 bridgehead atoms. The maximum atomic E-state index is 11.5. The van der Waals surface area contributed by atoms with Crippen molar-refractivity contribution >= 4 is 17.5 Å². The van der Waals surface area contributed by atoms with E-state index in [-0.39, 0.29) is 5.91 Å². The first-order chi connectivity index (χ1) is 8.29. The molecule has 0 aliphatic heterocycles. The van der Waals surface area contributed by atoms with E-state index in [1.165, 1.54) is 6.08 Å². The fraction of sp³-hybridized carbons (Fsp3) is 0.462. The third-order valence-corrected chi connectivity index (χ3v) is 2.02. The zero-order valence-corrected chi connectivity index (χ0v) is 10.9. The van der Waals surface area contributed by atoms with E-state index in [9.17, 15) is 14.4 Å². The molecule has 0 aromatic rings. The van der Waals surface area contributed by atoms with Crippen molar-refractivity contribution < 1.29 is 19.5 Å². The number of ketones is 2. The summed E-state index contributed by atoms with van der Waals surface area (Å²) >= 11 is 0. The van der Waals surface area contributed by atoms with Crippen LogP contribution in [0.5, 0.6) is 0 Å². The van der Waals surface area contributed by atoms with Crippen LogP contribution in [0.2, 0.25) is 0 Å². The molecule has 0 unspecified atom stereocenters. The van der Waals surface area contributed by atoms with Gasteiger partial charge < -0.3 is 10.4 Å². The van der Waals surface area contributed by atoms with Gasteiger partial charge in [-0.3, -0.25) is 14.4 Å². The normalized spacial score (nSPS) is 11.9. The lowest BCUT2D eigenvalue weighted by atomic mass is 9.96. The molecular formula is C13H19NO4. The van der Waals surface area contributed by atoms with Crippen LogP contribution in [0, 0.1) is 5.41 Å². The highest BCUT2D eigenvalue weighted by atomic mass is 16.2. The molecule has 0 aliphatic rings. The second-order valence-electron chi connectivity index (χ2n) is 4.74. The minimum absolute atomic E-state index is 0.0680. The van der Waals surface area contributed by atoms with Crippen LogP contribution in [0.15, 0.2) is 24.5 Å². The molecule has 18 heavy (non-hydrogen) atoms. The Kier molecular flexibility index (Phi) is 6.63. The minimum Gasteiger partial charge on any atom is -0.515 e. The van der Waals surface area contributed by atoms with Crippen molar-refractivity contribution in [3.63, 3.8) is 0 Å². The smallest absolute Gasteiger partial charge is 0.228 e. The summed E-state index contributed by atoms with van der Waals surface area (Å²) in [5, 5.41) is 11.0. The van der Waals surface area contributed by atoms with Gasteiger partial charge in [0.25, 0.3) is 0 Å². The number of hydrogen-bond acceptors (Lipinski definition) is 4. The zero-order chi connectivity index (χ0) is 14.2. The molecule has 5 heteroatoms. The lowest BCUT2D eigenvalue weighted by Gasteiger charge is -2.16. The van der Waals surface area contributed by atoms with Crippen LogP contribution in [0.25, 0.3) is 0 Å². The van der Waals surface area contributed by atoms with Gasteiger partial charge in [-0.15, -0.1) is 0 Å². The monoisotopic (exact) mass is 253 g/mol. The Bertz CT molecular complexity index is 375. The van der Waals surface area contributed by atoms with Crippen molar-refractivity contribution in [2.75, 3.05) is 6.54 Å². The average molecular weight is 253 g/mol. The SMILES string of the molecule is CC(C)(C)C(=O)NCC/C=C/C(=O)C(=O)/C=C/O. The summed E-state index contributed by atoms with van der Waals surface area (Å²) in [4.78, 5) is 33.5. The van der Waals surface area contributed by atoms with Gasteiger partial charge in [-0.05, 0) is 12.5 Å². The molecule has 0 heterocycles. The first-order valence-corrected chi connectivity index (χ1v) is 5.63. The molecule has 5 nitrogen and oxygen atoms in total. The van der Waals surface area contributed by atoms with Gasteiger partial charge in [-0.2, -0.15) is 0 Å². The van der Waals surface area contributed by atoms with Gasteiger partial charge in [0.05, 0.1) is 6.26 Å². The predicted octanol–water partition coefficient (Wildman–Crippen LogP) is 1.30. The molecule has 100 valence electrons. The van der Waals surface area contributed by atoms with Gasteiger partial charge in [-0.25, -0.2) is 0 Å². The number of carbonyl (C=O) groups is 3.